The molecule has 2 rings (SSSR count). The summed E-state index contributed by atoms with van der Waals surface area (Å²) in [4.78, 5) is 11.4. The van der Waals surface area contributed by atoms with Crippen LogP contribution in [0.4, 0.5) is 0 Å². The first-order chi connectivity index (χ1) is 11.6. The van der Waals surface area contributed by atoms with Crippen LogP contribution in [-0.4, -0.2) is 39.8 Å². The van der Waals surface area contributed by atoms with E-state index in [-0.39, 0.29) is 17.2 Å². The summed E-state index contributed by atoms with van der Waals surface area (Å²) in [5, 5.41) is 31.4. The van der Waals surface area contributed by atoms with Gasteiger partial charge >= 0.3 is 5.97 Å². The number of quaternary nitrogens is 1. The molecule has 1 aromatic carbocycles. The van der Waals surface area contributed by atoms with Crippen LogP contribution in [-0.2, 0) is 11.2 Å². The summed E-state index contributed by atoms with van der Waals surface area (Å²) >= 11 is 0. The third kappa shape index (κ3) is 6.55. The molecule has 1 aliphatic heterocycles. The number of unbranched alkanes of at least 4 members (excludes halogenated alkanes) is 2. The van der Waals surface area contributed by atoms with Crippen molar-refractivity contribution in [2.45, 2.75) is 49.8 Å². The predicted molar refractivity (Wildman–Crippen MR) is 99.4 cm³/mol. The zero-order valence-electron chi connectivity index (χ0n) is 13.6. The molecule has 1 saturated heterocycles. The van der Waals surface area contributed by atoms with Crippen molar-refractivity contribution in [3.05, 3.63) is 35.0 Å². The first kappa shape index (κ1) is 19.4. The van der Waals surface area contributed by atoms with E-state index in [4.69, 9.17) is 0 Å². The van der Waals surface area contributed by atoms with E-state index in [0.717, 1.165) is 30.1 Å². The summed E-state index contributed by atoms with van der Waals surface area (Å²) in [7, 11) is 3.91. The summed E-state index contributed by atoms with van der Waals surface area (Å²) in [6.45, 7) is 0.335. The molecule has 3 atom stereocenters. The molecule has 1 heterocycles. The zero-order chi connectivity index (χ0) is 17.4. The number of nitrogens with one attached hydrogen (secondary N) is 1. The van der Waals surface area contributed by atoms with Gasteiger partial charge in [-0.2, -0.15) is 0 Å². The average Bonchev–Trinajstić information content (AvgIpc) is 3.07. The van der Waals surface area contributed by atoms with Gasteiger partial charge in [0.25, 0.3) is 0 Å². The standard InChI is InChI=1S/C17H25NO4S2/c19-14-7-5-13(6-8-14)12-16(17(20)21)18(22)10-3-1-2-4-15-9-11-23-24-15/h5-8,15-16,18-19H,1-4,9-12H2,(H,20,21)/t15-,16?/m1/s1. The van der Waals surface area contributed by atoms with Crippen molar-refractivity contribution < 1.29 is 20.1 Å². The zero-order valence-corrected chi connectivity index (χ0v) is 15.3. The van der Waals surface area contributed by atoms with Gasteiger partial charge in [0.05, 0.1) is 6.54 Å². The predicted octanol–water partition coefficient (Wildman–Crippen LogP) is 2.48. The minimum Gasteiger partial charge on any atom is -0.634 e. The molecular weight excluding hydrogens is 346 g/mol. The van der Waals surface area contributed by atoms with E-state index in [2.05, 4.69) is 0 Å². The van der Waals surface area contributed by atoms with Crippen molar-refractivity contribution in [3.63, 3.8) is 0 Å². The Morgan fingerprint density at radius 3 is 2.67 bits per heavy atom. The highest BCUT2D eigenvalue weighted by molar-refractivity contribution is 8.77. The van der Waals surface area contributed by atoms with Crippen LogP contribution in [0.3, 0.4) is 0 Å². The summed E-state index contributed by atoms with van der Waals surface area (Å²) in [5.74, 6) is 0.314. The Balaban J connectivity index is 1.71. The van der Waals surface area contributed by atoms with Gasteiger partial charge in [0.2, 0.25) is 0 Å². The maximum atomic E-state index is 12.2. The molecule has 0 aromatic heterocycles. The maximum Gasteiger partial charge on any atom is 0.363 e. The van der Waals surface area contributed by atoms with E-state index in [9.17, 15) is 20.2 Å². The van der Waals surface area contributed by atoms with Crippen LogP contribution in [0.15, 0.2) is 24.3 Å². The first-order valence-electron chi connectivity index (χ1n) is 8.38. The van der Waals surface area contributed by atoms with Crippen molar-refractivity contribution in [2.75, 3.05) is 12.3 Å². The van der Waals surface area contributed by atoms with Gasteiger partial charge in [0.1, 0.15) is 5.75 Å². The molecule has 7 heteroatoms. The molecule has 1 aromatic rings. The van der Waals surface area contributed by atoms with E-state index in [1.807, 2.05) is 21.6 Å². The van der Waals surface area contributed by atoms with Crippen LogP contribution in [0.1, 0.15) is 37.7 Å². The highest BCUT2D eigenvalue weighted by Crippen LogP contribution is 2.39. The van der Waals surface area contributed by atoms with Gasteiger partial charge in [-0.15, -0.1) is 0 Å². The van der Waals surface area contributed by atoms with Crippen LogP contribution in [0.2, 0.25) is 0 Å². The number of phenolic OH excluding ortho intramolecular Hbond substituents is 1. The molecule has 2 unspecified atom stereocenters. The van der Waals surface area contributed by atoms with Crippen molar-refractivity contribution in [1.82, 2.24) is 0 Å². The fraction of sp³-hybridized carbons (Fsp3) is 0.588. The summed E-state index contributed by atoms with van der Waals surface area (Å²) in [5.41, 5.74) is 0.754. The molecule has 1 aliphatic rings. The average molecular weight is 372 g/mol. The highest BCUT2D eigenvalue weighted by atomic mass is 33.1. The number of hydrogen-bond donors (Lipinski definition) is 3. The second kappa shape index (κ2) is 10.2. The number of aromatic hydroxyl groups is 1. The van der Waals surface area contributed by atoms with E-state index < -0.39 is 12.0 Å². The third-order valence-corrected chi connectivity index (χ3v) is 7.25. The minimum absolute atomic E-state index is 0.135. The Labute approximate surface area is 150 Å². The normalized spacial score (nSPS) is 20.0. The molecule has 0 aliphatic carbocycles. The number of carboxylic acids is 1. The van der Waals surface area contributed by atoms with Gasteiger partial charge in [0.15, 0.2) is 6.04 Å². The number of phenols is 1. The Hall–Kier alpha value is -0.890. The molecule has 0 bridgehead atoms. The number of carboxylic acid groups (broad SMARTS) is 1. The summed E-state index contributed by atoms with van der Waals surface area (Å²) in [6, 6.07) is 5.36. The van der Waals surface area contributed by atoms with Crippen molar-refractivity contribution in [1.29, 1.82) is 0 Å². The van der Waals surface area contributed by atoms with Gasteiger partial charge in [-0.3, -0.25) is 0 Å². The number of hydrogen-bond acceptors (Lipinski definition) is 5. The van der Waals surface area contributed by atoms with Crippen molar-refractivity contribution in [3.8, 4) is 5.75 Å². The van der Waals surface area contributed by atoms with Crippen LogP contribution >= 0.6 is 21.6 Å². The molecule has 0 radical (unpaired) electrons. The number of benzene rings is 1. The van der Waals surface area contributed by atoms with Gasteiger partial charge < -0.3 is 20.5 Å². The molecule has 0 spiro atoms. The first-order valence-corrected chi connectivity index (χ1v) is 10.8. The van der Waals surface area contributed by atoms with E-state index in [0.29, 0.717) is 6.54 Å². The van der Waals surface area contributed by atoms with Gasteiger partial charge in [-0.05, 0) is 43.4 Å². The Kier molecular flexibility index (Phi) is 8.24. The fourth-order valence-corrected chi connectivity index (χ4v) is 5.82. The quantitative estimate of drug-likeness (QED) is 0.333. The molecule has 3 N–H and O–H groups in total. The number of hydroxylamine groups is 2. The number of carbonyl (C=O) groups is 1. The Morgan fingerprint density at radius 2 is 2.04 bits per heavy atom. The lowest BCUT2D eigenvalue weighted by atomic mass is 10.0. The van der Waals surface area contributed by atoms with Crippen LogP contribution in [0, 0.1) is 5.21 Å². The van der Waals surface area contributed by atoms with E-state index in [1.54, 1.807) is 12.1 Å². The van der Waals surface area contributed by atoms with Crippen LogP contribution in [0.5, 0.6) is 5.75 Å². The molecule has 134 valence electrons. The van der Waals surface area contributed by atoms with Gasteiger partial charge in [0, 0.05) is 17.4 Å². The molecule has 0 saturated carbocycles. The second-order valence-electron chi connectivity index (χ2n) is 6.16. The summed E-state index contributed by atoms with van der Waals surface area (Å²) < 4.78 is 0. The van der Waals surface area contributed by atoms with Crippen molar-refractivity contribution in [2.24, 2.45) is 0 Å². The lowest BCUT2D eigenvalue weighted by molar-refractivity contribution is -0.866. The van der Waals surface area contributed by atoms with Gasteiger partial charge in [-0.25, -0.2) is 4.79 Å². The maximum absolute atomic E-state index is 12.2. The van der Waals surface area contributed by atoms with Crippen LogP contribution < -0.4 is 5.06 Å². The van der Waals surface area contributed by atoms with Crippen molar-refractivity contribution >= 4 is 27.6 Å². The molecular formula is C17H25NO4S2. The Bertz CT molecular complexity index is 506. The molecule has 1 fully saturated rings. The minimum atomic E-state index is -1.06. The summed E-state index contributed by atoms with van der Waals surface area (Å²) in [6.07, 6.45) is 5.52. The topological polar surface area (TPSA) is 85.0 Å². The molecule has 0 amide bonds. The van der Waals surface area contributed by atoms with Crippen LogP contribution in [0.25, 0.3) is 0 Å². The fourth-order valence-electron chi connectivity index (χ4n) is 2.79. The highest BCUT2D eigenvalue weighted by Gasteiger charge is 2.24. The lowest BCUT2D eigenvalue weighted by Gasteiger charge is -2.28. The number of rotatable bonds is 10. The third-order valence-electron chi connectivity index (χ3n) is 4.24. The monoisotopic (exact) mass is 371 g/mol. The Morgan fingerprint density at radius 1 is 1.29 bits per heavy atom. The van der Waals surface area contributed by atoms with E-state index >= 15 is 0 Å². The smallest absolute Gasteiger partial charge is 0.363 e. The van der Waals surface area contributed by atoms with E-state index in [1.165, 1.54) is 30.7 Å². The molecule has 24 heavy (non-hydrogen) atoms. The number of aliphatic carboxylic acids is 1. The largest absolute Gasteiger partial charge is 0.634 e. The second-order valence-corrected chi connectivity index (χ2v) is 8.94. The van der Waals surface area contributed by atoms with Gasteiger partial charge in [-0.1, -0.05) is 40.1 Å². The SMILES string of the molecule is O=C(O)C(Cc1ccc(O)cc1)[NH+]([O-])CCCCC[C@@H]1CCSS1. The lowest BCUT2D eigenvalue weighted by Crippen LogP contribution is -3.12. The molecule has 5 nitrogen and oxygen atoms in total.